The van der Waals surface area contributed by atoms with Crippen molar-refractivity contribution in [3.8, 4) is 0 Å². The second-order valence-corrected chi connectivity index (χ2v) is 3.96. The highest BCUT2D eigenvalue weighted by Crippen LogP contribution is 2.42. The molecule has 0 aromatic heterocycles. The van der Waals surface area contributed by atoms with E-state index in [9.17, 15) is 5.11 Å². The van der Waals surface area contributed by atoms with Crippen LogP contribution in [0.5, 0.6) is 0 Å². The van der Waals surface area contributed by atoms with Gasteiger partial charge in [0.25, 0.3) is 0 Å². The fourth-order valence-corrected chi connectivity index (χ4v) is 2.32. The molecule has 0 amide bonds. The van der Waals surface area contributed by atoms with Crippen LogP contribution in [0.1, 0.15) is 26.2 Å². The van der Waals surface area contributed by atoms with Gasteiger partial charge in [-0.15, -0.1) is 0 Å². The molecule has 2 heteroatoms. The summed E-state index contributed by atoms with van der Waals surface area (Å²) < 4.78 is 0. The molecule has 3 N–H and O–H groups in total. The van der Waals surface area contributed by atoms with Gasteiger partial charge < -0.3 is 10.8 Å². The van der Waals surface area contributed by atoms with Gasteiger partial charge in [-0.05, 0) is 32.1 Å². The van der Waals surface area contributed by atoms with Crippen molar-refractivity contribution in [3.05, 3.63) is 11.6 Å². The molecule has 62 valence electrons. The number of fused-ring (bicyclic) bond motifs is 2. The van der Waals surface area contributed by atoms with E-state index in [0.717, 1.165) is 19.3 Å². The number of hydrogen-bond donors (Lipinski definition) is 2. The Kier molecular flexibility index (Phi) is 1.38. The van der Waals surface area contributed by atoms with Crippen LogP contribution >= 0.6 is 0 Å². The van der Waals surface area contributed by atoms with Gasteiger partial charge >= 0.3 is 0 Å². The van der Waals surface area contributed by atoms with E-state index < -0.39 is 5.60 Å². The van der Waals surface area contributed by atoms with Crippen LogP contribution in [0.3, 0.4) is 0 Å². The van der Waals surface area contributed by atoms with Crippen LogP contribution in [0.4, 0.5) is 0 Å². The number of aliphatic hydroxyl groups is 1. The van der Waals surface area contributed by atoms with Gasteiger partial charge in [-0.25, -0.2) is 0 Å². The fraction of sp³-hybridized carbons (Fsp3) is 0.778. The highest BCUT2D eigenvalue weighted by Gasteiger charge is 2.43. The van der Waals surface area contributed by atoms with Crippen LogP contribution in [0, 0.1) is 5.92 Å². The maximum absolute atomic E-state index is 9.96. The van der Waals surface area contributed by atoms with E-state index in [0.29, 0.717) is 5.92 Å². The van der Waals surface area contributed by atoms with E-state index in [2.05, 4.69) is 6.92 Å². The Hall–Kier alpha value is -0.340. The van der Waals surface area contributed by atoms with Gasteiger partial charge in [-0.2, -0.15) is 0 Å². The molecule has 1 saturated carbocycles. The zero-order chi connectivity index (χ0) is 8.06. The summed E-state index contributed by atoms with van der Waals surface area (Å²) >= 11 is 0. The van der Waals surface area contributed by atoms with Crippen LogP contribution in [-0.4, -0.2) is 16.7 Å². The summed E-state index contributed by atoms with van der Waals surface area (Å²) in [6, 6.07) is -0.0232. The highest BCUT2D eigenvalue weighted by molar-refractivity contribution is 5.24. The molecule has 3 aliphatic carbocycles. The number of rotatable bonds is 0. The maximum atomic E-state index is 9.96. The van der Waals surface area contributed by atoms with Gasteiger partial charge in [-0.1, -0.05) is 11.6 Å². The smallest absolute Gasteiger partial charge is 0.0980 e. The minimum atomic E-state index is -0.668. The van der Waals surface area contributed by atoms with Crippen LogP contribution < -0.4 is 5.73 Å². The second-order valence-electron chi connectivity index (χ2n) is 3.96. The largest absolute Gasteiger partial charge is 0.384 e. The first-order valence-corrected chi connectivity index (χ1v) is 4.29. The monoisotopic (exact) mass is 153 g/mol. The Morgan fingerprint density at radius 2 is 2.45 bits per heavy atom. The van der Waals surface area contributed by atoms with Gasteiger partial charge in [-0.3, -0.25) is 0 Å². The molecular formula is C9H15NO. The molecule has 0 saturated heterocycles. The predicted octanol–water partition coefficient (Wildman–Crippen LogP) is 0.805. The molecule has 0 spiro atoms. The lowest BCUT2D eigenvalue weighted by Crippen LogP contribution is -2.54. The molecule has 0 aromatic rings. The molecule has 0 aliphatic heterocycles. The lowest BCUT2D eigenvalue weighted by atomic mass is 9.67. The summed E-state index contributed by atoms with van der Waals surface area (Å²) in [6.45, 7) is 2.10. The summed E-state index contributed by atoms with van der Waals surface area (Å²) in [7, 11) is 0. The average molecular weight is 153 g/mol. The van der Waals surface area contributed by atoms with Crippen molar-refractivity contribution in [2.45, 2.75) is 37.8 Å². The molecule has 2 bridgehead atoms. The van der Waals surface area contributed by atoms with Crippen molar-refractivity contribution in [2.75, 3.05) is 0 Å². The molecule has 3 atom stereocenters. The molecule has 11 heavy (non-hydrogen) atoms. The van der Waals surface area contributed by atoms with E-state index in [1.807, 2.05) is 6.08 Å². The van der Waals surface area contributed by atoms with Gasteiger partial charge in [0.2, 0.25) is 0 Å². The third-order valence-corrected chi connectivity index (χ3v) is 3.20. The first kappa shape index (κ1) is 7.32. The summed E-state index contributed by atoms with van der Waals surface area (Å²) in [5.41, 5.74) is 6.49. The molecule has 1 fully saturated rings. The summed E-state index contributed by atoms with van der Waals surface area (Å²) in [4.78, 5) is 0. The quantitative estimate of drug-likeness (QED) is 0.506. The van der Waals surface area contributed by atoms with Crippen LogP contribution in [0.2, 0.25) is 0 Å². The Morgan fingerprint density at radius 3 is 2.82 bits per heavy atom. The Morgan fingerprint density at radius 1 is 1.73 bits per heavy atom. The number of allylic oxidation sites excluding steroid dienone is 1. The highest BCUT2D eigenvalue weighted by atomic mass is 16.3. The van der Waals surface area contributed by atoms with Crippen molar-refractivity contribution in [2.24, 2.45) is 11.7 Å². The molecule has 0 radical (unpaired) electrons. The third-order valence-electron chi connectivity index (χ3n) is 3.20. The van der Waals surface area contributed by atoms with Crippen LogP contribution in [0.25, 0.3) is 0 Å². The van der Waals surface area contributed by atoms with Gasteiger partial charge in [0.15, 0.2) is 0 Å². The molecule has 2 nitrogen and oxygen atoms in total. The molecule has 0 unspecified atom stereocenters. The second kappa shape index (κ2) is 2.08. The van der Waals surface area contributed by atoms with E-state index in [4.69, 9.17) is 5.73 Å². The SMILES string of the molecule is CC1=C[C@@]2(O)CC[C@@H]1C[C@H]2N. The first-order valence-electron chi connectivity index (χ1n) is 4.29. The van der Waals surface area contributed by atoms with Crippen LogP contribution in [0.15, 0.2) is 11.6 Å². The minimum absolute atomic E-state index is 0.0232. The van der Waals surface area contributed by atoms with E-state index in [1.54, 1.807) is 0 Å². The maximum Gasteiger partial charge on any atom is 0.0980 e. The molecule has 3 rings (SSSR count). The fourth-order valence-electron chi connectivity index (χ4n) is 2.32. The van der Waals surface area contributed by atoms with Crippen LogP contribution in [-0.2, 0) is 0 Å². The lowest BCUT2D eigenvalue weighted by Gasteiger charge is -2.45. The van der Waals surface area contributed by atoms with Crippen molar-refractivity contribution < 1.29 is 5.11 Å². The van der Waals surface area contributed by atoms with Gasteiger partial charge in [0.05, 0.1) is 5.60 Å². The molecule has 0 aromatic carbocycles. The van der Waals surface area contributed by atoms with Crippen molar-refractivity contribution in [1.29, 1.82) is 0 Å². The minimum Gasteiger partial charge on any atom is -0.384 e. The zero-order valence-corrected chi connectivity index (χ0v) is 6.88. The summed E-state index contributed by atoms with van der Waals surface area (Å²) in [5.74, 6) is 0.652. The predicted molar refractivity (Wildman–Crippen MR) is 44.0 cm³/mol. The number of hydrogen-bond acceptors (Lipinski definition) is 2. The molecular weight excluding hydrogens is 138 g/mol. The van der Waals surface area contributed by atoms with E-state index in [1.165, 1.54) is 5.57 Å². The van der Waals surface area contributed by atoms with Crippen molar-refractivity contribution >= 4 is 0 Å². The Balaban J connectivity index is 2.37. The normalized spacial score (nSPS) is 49.2. The Labute approximate surface area is 67.1 Å². The van der Waals surface area contributed by atoms with Gasteiger partial charge in [0, 0.05) is 6.04 Å². The topological polar surface area (TPSA) is 46.2 Å². The van der Waals surface area contributed by atoms with E-state index >= 15 is 0 Å². The first-order chi connectivity index (χ1) is 5.12. The Bertz CT molecular complexity index is 212. The van der Waals surface area contributed by atoms with Crippen molar-refractivity contribution in [1.82, 2.24) is 0 Å². The summed E-state index contributed by atoms with van der Waals surface area (Å²) in [6.07, 6.45) is 4.91. The molecule has 3 aliphatic rings. The standard InChI is InChI=1S/C9H15NO/c1-6-5-9(11)3-2-7(6)4-8(9)10/h5,7-8,11H,2-4,10H2,1H3/t7-,8-,9+/m1/s1. The summed E-state index contributed by atoms with van der Waals surface area (Å²) in [5, 5.41) is 9.96. The lowest BCUT2D eigenvalue weighted by molar-refractivity contribution is 0.00648. The molecule has 0 heterocycles. The zero-order valence-electron chi connectivity index (χ0n) is 6.88. The average Bonchev–Trinajstić information content (AvgIpc) is 1.92. The van der Waals surface area contributed by atoms with E-state index in [-0.39, 0.29) is 6.04 Å². The van der Waals surface area contributed by atoms with Gasteiger partial charge in [0.1, 0.15) is 0 Å². The number of nitrogens with two attached hydrogens (primary N) is 1. The van der Waals surface area contributed by atoms with Crippen molar-refractivity contribution in [3.63, 3.8) is 0 Å². The third kappa shape index (κ3) is 0.932.